The van der Waals surface area contributed by atoms with Crippen LogP contribution in [0, 0.1) is 0 Å². The van der Waals surface area contributed by atoms with Crippen LogP contribution in [0.5, 0.6) is 0 Å². The predicted molar refractivity (Wildman–Crippen MR) is 98.7 cm³/mol. The molecule has 0 aromatic heterocycles. The summed E-state index contributed by atoms with van der Waals surface area (Å²) in [5.41, 5.74) is -1.14. The number of likely N-dealkylation sites (N-methyl/N-ethyl adjacent to an activating group) is 1. The second kappa shape index (κ2) is 8.56. The van der Waals surface area contributed by atoms with E-state index in [0.29, 0.717) is 12.1 Å². The fraction of sp³-hybridized carbons (Fsp3) is 0.588. The molecule has 11 heteroatoms. The molecule has 1 aromatic rings. The van der Waals surface area contributed by atoms with Crippen LogP contribution >= 0.6 is 11.6 Å². The van der Waals surface area contributed by atoms with Crippen LogP contribution in [0.2, 0.25) is 5.02 Å². The quantitative estimate of drug-likeness (QED) is 0.719. The first-order valence-corrected chi connectivity index (χ1v) is 10.7. The first-order chi connectivity index (χ1) is 12.8. The number of carbonyl (C=O) groups is 1. The maximum absolute atomic E-state index is 12.9. The van der Waals surface area contributed by atoms with Crippen LogP contribution in [0.25, 0.3) is 0 Å². The Morgan fingerprint density at radius 1 is 1.32 bits per heavy atom. The number of sulfonamides is 1. The third-order valence-electron chi connectivity index (χ3n) is 4.95. The van der Waals surface area contributed by atoms with Gasteiger partial charge in [0.05, 0.1) is 36.8 Å². The van der Waals surface area contributed by atoms with E-state index in [0.717, 1.165) is 32.0 Å². The summed E-state index contributed by atoms with van der Waals surface area (Å²) in [6.07, 6.45) is -3.12. The number of hydrogen-bond donors (Lipinski definition) is 2. The zero-order valence-electron chi connectivity index (χ0n) is 15.8. The van der Waals surface area contributed by atoms with Gasteiger partial charge in [-0.1, -0.05) is 11.6 Å². The van der Waals surface area contributed by atoms with Crippen molar-refractivity contribution < 1.29 is 31.3 Å². The van der Waals surface area contributed by atoms with Crippen molar-refractivity contribution in [3.63, 3.8) is 0 Å². The molecule has 0 saturated carbocycles. The van der Waals surface area contributed by atoms with Gasteiger partial charge in [0.1, 0.15) is 4.90 Å². The Balaban J connectivity index is 2.16. The lowest BCUT2D eigenvalue weighted by Crippen LogP contribution is -3.10. The SMILES string of the molecule is C[C@@H](NS(=O)(=O)c1cc(C(F)(F)F)ccc1Cl)C(=O)N(C)C1CC[NH+](C)CC1. The third kappa shape index (κ3) is 5.37. The molecule has 0 unspecified atom stereocenters. The lowest BCUT2D eigenvalue weighted by molar-refractivity contribution is -0.885. The molecule has 0 spiro atoms. The normalized spacial score (nSPS) is 22.0. The summed E-state index contributed by atoms with van der Waals surface area (Å²) in [6.45, 7) is 3.17. The fourth-order valence-corrected chi connectivity index (χ4v) is 4.92. The zero-order chi connectivity index (χ0) is 21.3. The standard InChI is InChI=1S/C17H23ClF3N3O3S/c1-11(16(25)24(3)13-6-8-23(2)9-7-13)22-28(26,27)15-10-12(17(19,20)21)4-5-14(15)18/h4-5,10-11,13,22H,6-9H2,1-3H3/p+1/t11-/m1/s1. The Kier molecular flexibility index (Phi) is 7.01. The number of rotatable bonds is 5. The molecular formula is C17H24ClF3N3O3S+. The molecule has 1 amide bonds. The topological polar surface area (TPSA) is 70.9 Å². The minimum absolute atomic E-state index is 0.000277. The number of benzene rings is 1. The van der Waals surface area contributed by atoms with Crippen molar-refractivity contribution in [2.75, 3.05) is 27.2 Å². The van der Waals surface area contributed by atoms with E-state index < -0.39 is 38.6 Å². The number of quaternary nitrogens is 1. The summed E-state index contributed by atoms with van der Waals surface area (Å²) in [5.74, 6) is -0.448. The van der Waals surface area contributed by atoms with Gasteiger partial charge in [-0.2, -0.15) is 17.9 Å². The van der Waals surface area contributed by atoms with Gasteiger partial charge in [0.25, 0.3) is 0 Å². The molecule has 2 N–H and O–H groups in total. The van der Waals surface area contributed by atoms with Crippen molar-refractivity contribution in [3.8, 4) is 0 Å². The maximum Gasteiger partial charge on any atom is 0.416 e. The molecule has 1 atom stereocenters. The molecule has 28 heavy (non-hydrogen) atoms. The molecule has 2 rings (SSSR count). The van der Waals surface area contributed by atoms with Crippen molar-refractivity contribution in [2.45, 2.75) is 42.9 Å². The van der Waals surface area contributed by atoms with E-state index in [4.69, 9.17) is 11.6 Å². The van der Waals surface area contributed by atoms with E-state index in [1.54, 1.807) is 7.05 Å². The van der Waals surface area contributed by atoms with Crippen LogP contribution in [0.3, 0.4) is 0 Å². The lowest BCUT2D eigenvalue weighted by Gasteiger charge is -2.34. The molecule has 1 heterocycles. The Labute approximate surface area is 167 Å². The molecule has 1 aliphatic heterocycles. The molecule has 1 fully saturated rings. The van der Waals surface area contributed by atoms with Gasteiger partial charge in [-0.05, 0) is 25.1 Å². The van der Waals surface area contributed by atoms with E-state index in [-0.39, 0.29) is 11.1 Å². The maximum atomic E-state index is 12.9. The number of nitrogens with zero attached hydrogens (tertiary/aromatic N) is 1. The molecular weight excluding hydrogens is 419 g/mol. The summed E-state index contributed by atoms with van der Waals surface area (Å²) in [5, 5.41) is -0.355. The lowest BCUT2D eigenvalue weighted by atomic mass is 10.0. The average molecular weight is 443 g/mol. The summed E-state index contributed by atoms with van der Waals surface area (Å²) in [7, 11) is -0.755. The van der Waals surface area contributed by atoms with Gasteiger partial charge in [0.2, 0.25) is 15.9 Å². The van der Waals surface area contributed by atoms with Gasteiger partial charge < -0.3 is 9.80 Å². The van der Waals surface area contributed by atoms with Gasteiger partial charge in [0, 0.05) is 25.9 Å². The number of piperidine rings is 1. The molecule has 158 valence electrons. The van der Waals surface area contributed by atoms with Crippen LogP contribution < -0.4 is 9.62 Å². The Morgan fingerprint density at radius 3 is 2.43 bits per heavy atom. The number of hydrogen-bond acceptors (Lipinski definition) is 3. The molecule has 0 aliphatic carbocycles. The highest BCUT2D eigenvalue weighted by Crippen LogP contribution is 2.33. The fourth-order valence-electron chi connectivity index (χ4n) is 3.20. The third-order valence-corrected chi connectivity index (χ3v) is 6.98. The van der Waals surface area contributed by atoms with Crippen molar-refractivity contribution >= 4 is 27.5 Å². The van der Waals surface area contributed by atoms with Crippen molar-refractivity contribution in [2.24, 2.45) is 0 Å². The van der Waals surface area contributed by atoms with Crippen LogP contribution in [-0.4, -0.2) is 58.5 Å². The number of nitrogens with one attached hydrogen (secondary N) is 2. The highest BCUT2D eigenvalue weighted by atomic mass is 35.5. The van der Waals surface area contributed by atoms with Gasteiger partial charge in [-0.25, -0.2) is 8.42 Å². The second-order valence-electron chi connectivity index (χ2n) is 7.12. The Bertz CT molecular complexity index is 825. The molecule has 1 aliphatic rings. The van der Waals surface area contributed by atoms with Crippen LogP contribution in [0.4, 0.5) is 13.2 Å². The number of alkyl halides is 3. The zero-order valence-corrected chi connectivity index (χ0v) is 17.4. The van der Waals surface area contributed by atoms with Gasteiger partial charge in [-0.15, -0.1) is 0 Å². The molecule has 6 nitrogen and oxygen atoms in total. The second-order valence-corrected chi connectivity index (χ2v) is 9.21. The Hall–Kier alpha value is -1.36. The van der Waals surface area contributed by atoms with Crippen molar-refractivity contribution in [3.05, 3.63) is 28.8 Å². The highest BCUT2D eigenvalue weighted by molar-refractivity contribution is 7.89. The molecule has 0 bridgehead atoms. The van der Waals surface area contributed by atoms with Gasteiger partial charge in [-0.3, -0.25) is 4.79 Å². The summed E-state index contributed by atoms with van der Waals surface area (Å²) < 4.78 is 65.9. The van der Waals surface area contributed by atoms with E-state index >= 15 is 0 Å². The largest absolute Gasteiger partial charge is 0.416 e. The first-order valence-electron chi connectivity index (χ1n) is 8.80. The smallest absolute Gasteiger partial charge is 0.341 e. The summed E-state index contributed by atoms with van der Waals surface area (Å²) in [6, 6.07) is 0.892. The number of amides is 1. The number of halogens is 4. The van der Waals surface area contributed by atoms with Crippen LogP contribution in [0.1, 0.15) is 25.3 Å². The average Bonchev–Trinajstić information content (AvgIpc) is 2.59. The highest BCUT2D eigenvalue weighted by Gasteiger charge is 2.34. The van der Waals surface area contributed by atoms with Crippen molar-refractivity contribution in [1.82, 2.24) is 9.62 Å². The van der Waals surface area contributed by atoms with E-state index in [9.17, 15) is 26.4 Å². The molecule has 1 aromatic carbocycles. The van der Waals surface area contributed by atoms with E-state index in [1.165, 1.54) is 16.7 Å². The van der Waals surface area contributed by atoms with Crippen LogP contribution in [-0.2, 0) is 21.0 Å². The van der Waals surface area contributed by atoms with Gasteiger partial charge in [0.15, 0.2) is 0 Å². The van der Waals surface area contributed by atoms with E-state index in [1.807, 2.05) is 0 Å². The number of likely N-dealkylation sites (tertiary alicyclic amines) is 1. The summed E-state index contributed by atoms with van der Waals surface area (Å²) in [4.78, 5) is 14.8. The van der Waals surface area contributed by atoms with Crippen molar-refractivity contribution in [1.29, 1.82) is 0 Å². The molecule has 0 radical (unpaired) electrons. The van der Waals surface area contributed by atoms with E-state index in [2.05, 4.69) is 11.8 Å². The first kappa shape index (κ1) is 22.9. The minimum atomic E-state index is -4.72. The number of carbonyl (C=O) groups excluding carboxylic acids is 1. The monoisotopic (exact) mass is 442 g/mol. The minimum Gasteiger partial charge on any atom is -0.341 e. The summed E-state index contributed by atoms with van der Waals surface area (Å²) >= 11 is 5.81. The van der Waals surface area contributed by atoms with Gasteiger partial charge >= 0.3 is 6.18 Å². The Morgan fingerprint density at radius 2 is 1.89 bits per heavy atom. The molecule has 1 saturated heterocycles. The van der Waals surface area contributed by atoms with Crippen LogP contribution in [0.15, 0.2) is 23.1 Å². The predicted octanol–water partition coefficient (Wildman–Crippen LogP) is 1.16.